The fourth-order valence-corrected chi connectivity index (χ4v) is 4.05. The third-order valence-corrected chi connectivity index (χ3v) is 5.46. The number of thioether (sulfide) groups is 1. The Morgan fingerprint density at radius 2 is 2.40 bits per heavy atom. The summed E-state index contributed by atoms with van der Waals surface area (Å²) in [6, 6.07) is 4.33. The second-order valence-electron chi connectivity index (χ2n) is 5.17. The van der Waals surface area contributed by atoms with Gasteiger partial charge in [0, 0.05) is 4.88 Å². The minimum Gasteiger partial charge on any atom is -0.410 e. The fourth-order valence-electron chi connectivity index (χ4n) is 2.35. The van der Waals surface area contributed by atoms with E-state index < -0.39 is 0 Å². The molecule has 0 bridgehead atoms. The fraction of sp³-hybridized carbons (Fsp3) is 0.500. The molecule has 0 unspecified atom stereocenters. The summed E-state index contributed by atoms with van der Waals surface area (Å²) in [6.07, 6.45) is 3.56. The number of aromatic nitrogens is 2. The van der Waals surface area contributed by atoms with Gasteiger partial charge in [0.2, 0.25) is 0 Å². The number of hydrogen-bond donors (Lipinski definition) is 0. The van der Waals surface area contributed by atoms with E-state index in [2.05, 4.69) is 29.3 Å². The number of rotatable bonds is 3. The molecular weight excluding hydrogens is 290 g/mol. The Labute approximate surface area is 126 Å². The Bertz CT molecular complexity index is 656. The molecule has 0 saturated heterocycles. The molecule has 0 aliphatic heterocycles. The van der Waals surface area contributed by atoms with Crippen LogP contribution in [0.5, 0.6) is 0 Å². The van der Waals surface area contributed by atoms with Crippen molar-refractivity contribution >= 4 is 23.1 Å². The summed E-state index contributed by atoms with van der Waals surface area (Å²) >= 11 is 3.06. The van der Waals surface area contributed by atoms with Crippen molar-refractivity contribution in [2.45, 2.75) is 43.6 Å². The molecule has 0 N–H and O–H groups in total. The van der Waals surface area contributed by atoms with Gasteiger partial charge in [-0.05, 0) is 55.5 Å². The number of nitrogens with zero attached hydrogens (tertiary/aromatic N) is 3. The summed E-state index contributed by atoms with van der Waals surface area (Å²) in [5.74, 6) is 1.33. The molecule has 0 radical (unpaired) electrons. The van der Waals surface area contributed by atoms with Crippen molar-refractivity contribution in [3.05, 3.63) is 16.5 Å². The Balaban J connectivity index is 1.82. The van der Waals surface area contributed by atoms with E-state index in [4.69, 9.17) is 9.68 Å². The number of fused-ring (bicyclic) bond motifs is 1. The summed E-state index contributed by atoms with van der Waals surface area (Å²) in [5.41, 5.74) is 1.43. The third-order valence-electron chi connectivity index (χ3n) is 3.41. The first-order valence-electron chi connectivity index (χ1n) is 6.67. The number of aryl methyl sites for hydroxylation is 1. The Hall–Kier alpha value is -1.32. The molecule has 1 aliphatic carbocycles. The number of hydrogen-bond acceptors (Lipinski definition) is 6. The maximum absolute atomic E-state index is 8.80. The van der Waals surface area contributed by atoms with E-state index in [0.29, 0.717) is 11.1 Å². The molecule has 2 aromatic heterocycles. The highest BCUT2D eigenvalue weighted by atomic mass is 32.2. The van der Waals surface area contributed by atoms with Crippen molar-refractivity contribution in [2.75, 3.05) is 0 Å². The van der Waals surface area contributed by atoms with Gasteiger partial charge >= 0.3 is 0 Å². The minimum atomic E-state index is -0.180. The molecule has 3 rings (SSSR count). The van der Waals surface area contributed by atoms with Crippen LogP contribution in [0.25, 0.3) is 10.8 Å². The molecular formula is C14H15N3OS2. The lowest BCUT2D eigenvalue weighted by molar-refractivity contribution is 0.466. The Kier molecular flexibility index (Phi) is 3.81. The van der Waals surface area contributed by atoms with E-state index in [0.717, 1.165) is 23.6 Å². The molecule has 2 heterocycles. The topological polar surface area (TPSA) is 62.7 Å². The Morgan fingerprint density at radius 1 is 1.55 bits per heavy atom. The molecule has 2 aromatic rings. The highest BCUT2D eigenvalue weighted by molar-refractivity contribution is 7.99. The summed E-state index contributed by atoms with van der Waals surface area (Å²) < 4.78 is 5.65. The van der Waals surface area contributed by atoms with Crippen LogP contribution in [-0.4, -0.2) is 15.4 Å². The van der Waals surface area contributed by atoms with Gasteiger partial charge in [-0.1, -0.05) is 6.92 Å². The number of nitriles is 1. The first-order chi connectivity index (χ1) is 9.65. The summed E-state index contributed by atoms with van der Waals surface area (Å²) in [7, 11) is 0. The van der Waals surface area contributed by atoms with Gasteiger partial charge in [0.1, 0.15) is 0 Å². The van der Waals surface area contributed by atoms with Crippen LogP contribution >= 0.6 is 23.1 Å². The zero-order chi connectivity index (χ0) is 14.1. The monoisotopic (exact) mass is 305 g/mol. The van der Waals surface area contributed by atoms with Crippen LogP contribution in [0.3, 0.4) is 0 Å². The van der Waals surface area contributed by atoms with Crippen LogP contribution in [-0.2, 0) is 12.8 Å². The first-order valence-corrected chi connectivity index (χ1v) is 8.37. The Morgan fingerprint density at radius 3 is 3.20 bits per heavy atom. The average molecular weight is 305 g/mol. The van der Waals surface area contributed by atoms with Gasteiger partial charge in [-0.2, -0.15) is 5.26 Å². The average Bonchev–Trinajstić information content (AvgIpc) is 3.04. The van der Waals surface area contributed by atoms with Gasteiger partial charge < -0.3 is 4.42 Å². The summed E-state index contributed by atoms with van der Waals surface area (Å²) in [6.45, 7) is 4.12. The molecule has 2 atom stereocenters. The van der Waals surface area contributed by atoms with Gasteiger partial charge in [0.25, 0.3) is 11.1 Å². The molecule has 0 spiro atoms. The SMILES string of the molecule is C[C@H]1CCc2sc(-c3nnc(S[C@@H](C)C#N)o3)cc2C1. The third kappa shape index (κ3) is 2.74. The quantitative estimate of drug-likeness (QED) is 0.804. The van der Waals surface area contributed by atoms with Crippen LogP contribution in [0.1, 0.15) is 30.7 Å². The molecule has 20 heavy (non-hydrogen) atoms. The zero-order valence-corrected chi connectivity index (χ0v) is 13.1. The smallest absolute Gasteiger partial charge is 0.278 e. The van der Waals surface area contributed by atoms with Gasteiger partial charge in [0.15, 0.2) is 0 Å². The van der Waals surface area contributed by atoms with E-state index in [1.807, 2.05) is 6.92 Å². The predicted octanol–water partition coefficient (Wildman–Crippen LogP) is 3.93. The van der Waals surface area contributed by atoms with Crippen LogP contribution < -0.4 is 0 Å². The highest BCUT2D eigenvalue weighted by Crippen LogP contribution is 2.37. The molecule has 0 saturated carbocycles. The second-order valence-corrected chi connectivity index (χ2v) is 7.60. The molecule has 0 aromatic carbocycles. The lowest BCUT2D eigenvalue weighted by Crippen LogP contribution is -2.07. The standard InChI is InChI=1S/C14H15N3OS2/c1-8-3-4-11-10(5-8)6-12(20-11)13-16-17-14(18-13)19-9(2)7-15/h6,8-9H,3-5H2,1-2H3/t8-,9-/m0/s1. The molecule has 6 heteroatoms. The van der Waals surface area contributed by atoms with E-state index in [9.17, 15) is 0 Å². The normalized spacial score (nSPS) is 19.4. The number of thiophene rings is 1. The molecule has 104 valence electrons. The van der Waals surface area contributed by atoms with Crippen molar-refractivity contribution in [2.24, 2.45) is 5.92 Å². The van der Waals surface area contributed by atoms with Gasteiger partial charge in [-0.25, -0.2) is 0 Å². The van der Waals surface area contributed by atoms with Crippen LogP contribution in [0, 0.1) is 17.2 Å². The van der Waals surface area contributed by atoms with E-state index >= 15 is 0 Å². The lowest BCUT2D eigenvalue weighted by atomic mass is 9.90. The summed E-state index contributed by atoms with van der Waals surface area (Å²) in [4.78, 5) is 2.50. The summed E-state index contributed by atoms with van der Waals surface area (Å²) in [5, 5.41) is 17.2. The molecule has 0 fully saturated rings. The van der Waals surface area contributed by atoms with Crippen molar-refractivity contribution in [1.29, 1.82) is 5.26 Å². The van der Waals surface area contributed by atoms with Crippen LogP contribution in [0.2, 0.25) is 0 Å². The molecule has 4 nitrogen and oxygen atoms in total. The van der Waals surface area contributed by atoms with Gasteiger partial charge in [-0.15, -0.1) is 21.5 Å². The highest BCUT2D eigenvalue weighted by Gasteiger charge is 2.21. The van der Waals surface area contributed by atoms with Crippen molar-refractivity contribution in [3.8, 4) is 16.8 Å². The molecule has 0 amide bonds. The van der Waals surface area contributed by atoms with E-state index in [-0.39, 0.29) is 5.25 Å². The largest absolute Gasteiger partial charge is 0.410 e. The maximum atomic E-state index is 8.80. The van der Waals surface area contributed by atoms with Crippen molar-refractivity contribution < 1.29 is 4.42 Å². The van der Waals surface area contributed by atoms with Gasteiger partial charge in [0.05, 0.1) is 16.2 Å². The second kappa shape index (κ2) is 5.58. The van der Waals surface area contributed by atoms with Gasteiger partial charge in [-0.3, -0.25) is 0 Å². The predicted molar refractivity (Wildman–Crippen MR) is 79.7 cm³/mol. The van der Waals surface area contributed by atoms with Crippen LogP contribution in [0.4, 0.5) is 0 Å². The zero-order valence-electron chi connectivity index (χ0n) is 11.4. The maximum Gasteiger partial charge on any atom is 0.278 e. The molecule has 1 aliphatic rings. The lowest BCUT2D eigenvalue weighted by Gasteiger charge is -2.16. The first kappa shape index (κ1) is 13.7. The van der Waals surface area contributed by atoms with Crippen molar-refractivity contribution in [1.82, 2.24) is 10.2 Å². The van der Waals surface area contributed by atoms with Crippen molar-refractivity contribution in [3.63, 3.8) is 0 Å². The van der Waals surface area contributed by atoms with Crippen LogP contribution in [0.15, 0.2) is 15.7 Å². The minimum absolute atomic E-state index is 0.180. The van der Waals surface area contributed by atoms with E-state index in [1.54, 1.807) is 11.3 Å². The van der Waals surface area contributed by atoms with E-state index in [1.165, 1.54) is 28.6 Å².